The van der Waals surface area contributed by atoms with Crippen molar-refractivity contribution in [3.63, 3.8) is 0 Å². The van der Waals surface area contributed by atoms with Crippen molar-refractivity contribution < 1.29 is 28.6 Å². The molecule has 6 heteroatoms. The van der Waals surface area contributed by atoms with E-state index in [1.165, 1.54) is 14.0 Å². The van der Waals surface area contributed by atoms with Crippen LogP contribution in [0.4, 0.5) is 0 Å². The molecule has 0 aromatic heterocycles. The predicted molar refractivity (Wildman–Crippen MR) is 71.5 cm³/mol. The summed E-state index contributed by atoms with van der Waals surface area (Å²) in [6.07, 6.45) is -0.00490. The predicted octanol–water partition coefficient (Wildman–Crippen LogP) is 1.67. The fraction of sp³-hybridized carbons (Fsp3) is 0.714. The summed E-state index contributed by atoms with van der Waals surface area (Å²) in [7, 11) is 1.23. The zero-order valence-electron chi connectivity index (χ0n) is 12.8. The van der Waals surface area contributed by atoms with E-state index in [-0.39, 0.29) is 32.0 Å². The number of carbonyl (C=O) groups excluding carboxylic acids is 3. The van der Waals surface area contributed by atoms with Crippen molar-refractivity contribution in [1.82, 2.24) is 0 Å². The Labute approximate surface area is 119 Å². The quantitative estimate of drug-likeness (QED) is 0.499. The first kappa shape index (κ1) is 18.4. The molecule has 0 saturated heterocycles. The lowest BCUT2D eigenvalue weighted by Crippen LogP contribution is -2.43. The van der Waals surface area contributed by atoms with E-state index >= 15 is 0 Å². The van der Waals surface area contributed by atoms with E-state index in [4.69, 9.17) is 9.47 Å². The molecule has 1 radical (unpaired) electrons. The summed E-state index contributed by atoms with van der Waals surface area (Å²) >= 11 is 0. The van der Waals surface area contributed by atoms with Crippen LogP contribution in [0.1, 0.15) is 40.5 Å². The van der Waals surface area contributed by atoms with Gasteiger partial charge < -0.3 is 14.2 Å². The van der Waals surface area contributed by atoms with Crippen LogP contribution in [-0.4, -0.2) is 38.2 Å². The van der Waals surface area contributed by atoms with Crippen LogP contribution in [0.3, 0.4) is 0 Å². The number of carbonyl (C=O) groups is 3. The van der Waals surface area contributed by atoms with Crippen LogP contribution >= 0.6 is 0 Å². The maximum atomic E-state index is 12.2. The van der Waals surface area contributed by atoms with Gasteiger partial charge in [0.2, 0.25) is 0 Å². The molecule has 0 aliphatic rings. The first-order valence-electron chi connectivity index (χ1n) is 6.64. The molecule has 0 spiro atoms. The van der Waals surface area contributed by atoms with Gasteiger partial charge >= 0.3 is 17.9 Å². The summed E-state index contributed by atoms with van der Waals surface area (Å²) in [5.74, 6) is -1.64. The summed E-state index contributed by atoms with van der Waals surface area (Å²) in [5.41, 5.74) is -1.34. The zero-order valence-corrected chi connectivity index (χ0v) is 12.8. The first-order valence-corrected chi connectivity index (χ1v) is 6.64. The number of hydrogen-bond acceptors (Lipinski definition) is 6. The lowest BCUT2D eigenvalue weighted by molar-refractivity contribution is -0.164. The van der Waals surface area contributed by atoms with E-state index in [0.717, 1.165) is 0 Å². The van der Waals surface area contributed by atoms with Gasteiger partial charge in [0.05, 0.1) is 38.1 Å². The third-order valence-electron chi connectivity index (χ3n) is 3.24. The smallest absolute Gasteiger partial charge is 0.314 e. The Morgan fingerprint density at radius 1 is 1.00 bits per heavy atom. The van der Waals surface area contributed by atoms with E-state index in [0.29, 0.717) is 0 Å². The number of rotatable bonds is 8. The van der Waals surface area contributed by atoms with Crippen LogP contribution in [0.15, 0.2) is 0 Å². The molecule has 0 N–H and O–H groups in total. The number of esters is 3. The molecule has 1 atom stereocenters. The highest BCUT2D eigenvalue weighted by Gasteiger charge is 2.49. The minimum Gasteiger partial charge on any atom is -0.469 e. The van der Waals surface area contributed by atoms with Crippen molar-refractivity contribution in [2.75, 3.05) is 20.3 Å². The normalized spacial score (nSPS) is 13.5. The summed E-state index contributed by atoms with van der Waals surface area (Å²) in [4.78, 5) is 35.7. The van der Waals surface area contributed by atoms with Crippen LogP contribution in [-0.2, 0) is 28.6 Å². The maximum absolute atomic E-state index is 12.2. The summed E-state index contributed by atoms with van der Waals surface area (Å²) in [6.45, 7) is 6.89. The van der Waals surface area contributed by atoms with Gasteiger partial charge in [-0.25, -0.2) is 0 Å². The van der Waals surface area contributed by atoms with Crippen LogP contribution in [0.25, 0.3) is 0 Å². The van der Waals surface area contributed by atoms with E-state index in [9.17, 15) is 14.4 Å². The summed E-state index contributed by atoms with van der Waals surface area (Å²) in [5, 5.41) is 0. The van der Waals surface area contributed by atoms with Gasteiger partial charge in [-0.05, 0) is 27.2 Å². The molecule has 0 bridgehead atoms. The van der Waals surface area contributed by atoms with Crippen LogP contribution < -0.4 is 0 Å². The van der Waals surface area contributed by atoms with Crippen molar-refractivity contribution >= 4 is 17.9 Å². The standard InChI is InChI=1S/C14H23O6/c1-6-14(9-11(15)18-5,13(17)20-8-3)10(4)12(16)19-7-2/h6-9H2,1-5H3. The Morgan fingerprint density at radius 3 is 1.95 bits per heavy atom. The maximum Gasteiger partial charge on any atom is 0.314 e. The van der Waals surface area contributed by atoms with Gasteiger partial charge in [0.25, 0.3) is 0 Å². The SMILES string of the molecule is CCOC(=O)[C](C)C(CC)(CC(=O)OC)C(=O)OCC. The highest BCUT2D eigenvalue weighted by molar-refractivity contribution is 5.96. The molecule has 0 saturated carbocycles. The third kappa shape index (κ3) is 4.21. The van der Waals surface area contributed by atoms with Crippen molar-refractivity contribution in [3.05, 3.63) is 5.92 Å². The molecule has 20 heavy (non-hydrogen) atoms. The Bertz CT molecular complexity index is 352. The lowest BCUT2D eigenvalue weighted by Gasteiger charge is -2.32. The van der Waals surface area contributed by atoms with Crippen molar-refractivity contribution in [2.45, 2.75) is 40.5 Å². The topological polar surface area (TPSA) is 78.9 Å². The molecule has 0 aliphatic heterocycles. The van der Waals surface area contributed by atoms with Gasteiger partial charge in [-0.2, -0.15) is 0 Å². The number of methoxy groups -OCH3 is 1. The van der Waals surface area contributed by atoms with Crippen LogP contribution in [0.2, 0.25) is 0 Å². The van der Waals surface area contributed by atoms with E-state index < -0.39 is 23.3 Å². The minimum absolute atomic E-state index is 0.158. The Morgan fingerprint density at radius 2 is 1.55 bits per heavy atom. The van der Waals surface area contributed by atoms with Crippen molar-refractivity contribution in [2.24, 2.45) is 5.41 Å². The van der Waals surface area contributed by atoms with Gasteiger partial charge in [0.15, 0.2) is 0 Å². The van der Waals surface area contributed by atoms with Crippen molar-refractivity contribution in [3.8, 4) is 0 Å². The van der Waals surface area contributed by atoms with Gasteiger partial charge in [-0.3, -0.25) is 14.4 Å². The van der Waals surface area contributed by atoms with E-state index in [2.05, 4.69) is 4.74 Å². The molecule has 0 aliphatic carbocycles. The molecule has 0 fully saturated rings. The van der Waals surface area contributed by atoms with Crippen LogP contribution in [0.5, 0.6) is 0 Å². The molecule has 6 nitrogen and oxygen atoms in total. The minimum atomic E-state index is -1.34. The van der Waals surface area contributed by atoms with Crippen LogP contribution in [0, 0.1) is 11.3 Å². The monoisotopic (exact) mass is 287 g/mol. The molecule has 0 heterocycles. The number of ether oxygens (including phenoxy) is 3. The molecule has 0 aromatic carbocycles. The van der Waals surface area contributed by atoms with Gasteiger partial charge in [0, 0.05) is 0 Å². The number of hydrogen-bond donors (Lipinski definition) is 0. The molecule has 1 unspecified atom stereocenters. The Balaban J connectivity index is 5.44. The molecular weight excluding hydrogens is 264 g/mol. The summed E-state index contributed by atoms with van der Waals surface area (Å²) < 4.78 is 14.6. The van der Waals surface area contributed by atoms with Gasteiger partial charge in [-0.15, -0.1) is 0 Å². The fourth-order valence-electron chi connectivity index (χ4n) is 1.91. The average Bonchev–Trinajstić information content (AvgIpc) is 2.44. The van der Waals surface area contributed by atoms with E-state index in [1.807, 2.05) is 0 Å². The second-order valence-electron chi connectivity index (χ2n) is 4.25. The second-order valence-corrected chi connectivity index (χ2v) is 4.25. The second kappa shape index (κ2) is 8.55. The first-order chi connectivity index (χ1) is 9.39. The summed E-state index contributed by atoms with van der Waals surface area (Å²) in [6, 6.07) is 0. The fourth-order valence-corrected chi connectivity index (χ4v) is 1.91. The van der Waals surface area contributed by atoms with Gasteiger partial charge in [-0.1, -0.05) is 6.92 Å². The van der Waals surface area contributed by atoms with Gasteiger partial charge in [0.1, 0.15) is 0 Å². The Hall–Kier alpha value is -1.59. The highest BCUT2D eigenvalue weighted by atomic mass is 16.5. The molecular formula is C14H23O6. The third-order valence-corrected chi connectivity index (χ3v) is 3.24. The Kier molecular flexibility index (Phi) is 7.87. The molecule has 115 valence electrons. The molecule has 0 rings (SSSR count). The average molecular weight is 287 g/mol. The largest absolute Gasteiger partial charge is 0.469 e. The molecule has 0 aromatic rings. The lowest BCUT2D eigenvalue weighted by atomic mass is 9.71. The van der Waals surface area contributed by atoms with Crippen molar-refractivity contribution in [1.29, 1.82) is 0 Å². The molecule has 0 amide bonds. The highest BCUT2D eigenvalue weighted by Crippen LogP contribution is 2.39. The zero-order chi connectivity index (χ0) is 15.8. The van der Waals surface area contributed by atoms with E-state index in [1.54, 1.807) is 20.8 Å².